The third-order valence-electron chi connectivity index (χ3n) is 2.51. The summed E-state index contributed by atoms with van der Waals surface area (Å²) in [6.07, 6.45) is 3.33. The molecule has 0 aromatic heterocycles. The fourth-order valence-corrected chi connectivity index (χ4v) is 1.54. The highest BCUT2D eigenvalue weighted by Gasteiger charge is 1.96. The van der Waals surface area contributed by atoms with Crippen LogP contribution in [0.4, 0.5) is 0 Å². The molecule has 0 aliphatic carbocycles. The summed E-state index contributed by atoms with van der Waals surface area (Å²) in [5.74, 6) is 1.58. The third-order valence-corrected chi connectivity index (χ3v) is 2.51. The van der Waals surface area contributed by atoms with Gasteiger partial charge in [0, 0.05) is 6.54 Å². The Labute approximate surface area is 113 Å². The second-order valence-corrected chi connectivity index (χ2v) is 3.97. The van der Waals surface area contributed by atoms with E-state index in [1.807, 2.05) is 54.6 Å². The standard InChI is InChI=1S/C16H17NO2/c17-11-4-12-18-15-7-9-16(10-8-15)19-13-14-5-2-1-3-6-14/h1-10,12H,11,13,17H2. The van der Waals surface area contributed by atoms with Gasteiger partial charge in [-0.2, -0.15) is 0 Å². The fraction of sp³-hybridized carbons (Fsp3) is 0.125. The zero-order chi connectivity index (χ0) is 13.3. The lowest BCUT2D eigenvalue weighted by Crippen LogP contribution is -1.95. The van der Waals surface area contributed by atoms with Crippen molar-refractivity contribution in [3.8, 4) is 11.5 Å². The summed E-state index contributed by atoms with van der Waals surface area (Å²) in [4.78, 5) is 0. The van der Waals surface area contributed by atoms with Crippen molar-refractivity contribution in [3.05, 3.63) is 72.5 Å². The number of hydrogen-bond donors (Lipinski definition) is 1. The molecule has 98 valence electrons. The summed E-state index contributed by atoms with van der Waals surface area (Å²) in [7, 11) is 0. The Kier molecular flexibility index (Phi) is 5.02. The monoisotopic (exact) mass is 255 g/mol. The smallest absolute Gasteiger partial charge is 0.126 e. The topological polar surface area (TPSA) is 44.5 Å². The van der Waals surface area contributed by atoms with Gasteiger partial charge in [0.1, 0.15) is 18.1 Å². The number of benzene rings is 2. The van der Waals surface area contributed by atoms with E-state index in [2.05, 4.69) is 0 Å². The molecule has 3 nitrogen and oxygen atoms in total. The van der Waals surface area contributed by atoms with Crippen molar-refractivity contribution in [3.63, 3.8) is 0 Å². The molecule has 0 saturated carbocycles. The van der Waals surface area contributed by atoms with Crippen molar-refractivity contribution in [2.75, 3.05) is 6.54 Å². The van der Waals surface area contributed by atoms with Crippen LogP contribution in [-0.2, 0) is 6.61 Å². The Morgan fingerprint density at radius 3 is 2.26 bits per heavy atom. The van der Waals surface area contributed by atoms with Crippen molar-refractivity contribution in [1.29, 1.82) is 0 Å². The molecule has 0 fully saturated rings. The second kappa shape index (κ2) is 7.24. The molecule has 19 heavy (non-hydrogen) atoms. The Morgan fingerprint density at radius 2 is 1.58 bits per heavy atom. The minimum absolute atomic E-state index is 0.471. The van der Waals surface area contributed by atoms with Crippen LogP contribution in [0.1, 0.15) is 5.56 Å². The van der Waals surface area contributed by atoms with Crippen LogP contribution in [0, 0.1) is 0 Å². The molecule has 0 spiro atoms. The lowest BCUT2D eigenvalue weighted by molar-refractivity contribution is 0.306. The number of hydrogen-bond acceptors (Lipinski definition) is 3. The first-order chi connectivity index (χ1) is 9.38. The van der Waals surface area contributed by atoms with E-state index in [1.165, 1.54) is 0 Å². The van der Waals surface area contributed by atoms with E-state index in [-0.39, 0.29) is 0 Å². The van der Waals surface area contributed by atoms with Gasteiger partial charge in [-0.05, 0) is 35.9 Å². The third kappa shape index (κ3) is 4.48. The van der Waals surface area contributed by atoms with E-state index in [9.17, 15) is 0 Å². The average Bonchev–Trinajstić information content (AvgIpc) is 2.48. The SMILES string of the molecule is NCC=COc1ccc(OCc2ccccc2)cc1. The fourth-order valence-electron chi connectivity index (χ4n) is 1.54. The first-order valence-corrected chi connectivity index (χ1v) is 6.17. The molecule has 0 aliphatic heterocycles. The molecular formula is C16H17NO2. The molecule has 0 amide bonds. The van der Waals surface area contributed by atoms with Gasteiger partial charge in [0.2, 0.25) is 0 Å². The van der Waals surface area contributed by atoms with Crippen molar-refractivity contribution in [2.24, 2.45) is 5.73 Å². The number of rotatable bonds is 6. The van der Waals surface area contributed by atoms with Gasteiger partial charge in [0.05, 0.1) is 6.26 Å². The van der Waals surface area contributed by atoms with Crippen molar-refractivity contribution >= 4 is 0 Å². The van der Waals surface area contributed by atoms with E-state index in [1.54, 1.807) is 12.3 Å². The highest BCUT2D eigenvalue weighted by molar-refractivity contribution is 5.32. The van der Waals surface area contributed by atoms with Gasteiger partial charge in [-0.1, -0.05) is 30.3 Å². The Hall–Kier alpha value is -2.26. The van der Waals surface area contributed by atoms with Crippen LogP contribution in [0.25, 0.3) is 0 Å². The van der Waals surface area contributed by atoms with Gasteiger partial charge in [-0.15, -0.1) is 0 Å². The van der Waals surface area contributed by atoms with Gasteiger partial charge in [-0.3, -0.25) is 0 Å². The Bertz CT molecular complexity index is 506. The Balaban J connectivity index is 1.86. The van der Waals surface area contributed by atoms with E-state index in [4.69, 9.17) is 15.2 Å². The van der Waals surface area contributed by atoms with Crippen molar-refractivity contribution in [1.82, 2.24) is 0 Å². The highest BCUT2D eigenvalue weighted by Crippen LogP contribution is 2.18. The zero-order valence-electron chi connectivity index (χ0n) is 10.7. The summed E-state index contributed by atoms with van der Waals surface area (Å²) < 4.78 is 11.0. The van der Waals surface area contributed by atoms with Gasteiger partial charge < -0.3 is 15.2 Å². The first kappa shape index (κ1) is 13.2. The van der Waals surface area contributed by atoms with Gasteiger partial charge in [0.25, 0.3) is 0 Å². The summed E-state index contributed by atoms with van der Waals surface area (Å²) in [6.45, 7) is 1.03. The second-order valence-electron chi connectivity index (χ2n) is 3.97. The normalized spacial score (nSPS) is 10.6. The average molecular weight is 255 g/mol. The summed E-state index contributed by atoms with van der Waals surface area (Å²) in [5.41, 5.74) is 6.47. The first-order valence-electron chi connectivity index (χ1n) is 6.17. The molecule has 0 bridgehead atoms. The van der Waals surface area contributed by atoms with E-state index >= 15 is 0 Å². The predicted octanol–water partition coefficient (Wildman–Crippen LogP) is 3.12. The maximum absolute atomic E-state index is 5.68. The molecular weight excluding hydrogens is 238 g/mol. The van der Waals surface area contributed by atoms with Crippen LogP contribution in [0.15, 0.2) is 66.9 Å². The molecule has 0 saturated heterocycles. The molecule has 0 aliphatic rings. The minimum atomic E-state index is 0.471. The lowest BCUT2D eigenvalue weighted by Gasteiger charge is -2.07. The van der Waals surface area contributed by atoms with E-state index < -0.39 is 0 Å². The number of nitrogens with two attached hydrogens (primary N) is 1. The van der Waals surface area contributed by atoms with Gasteiger partial charge >= 0.3 is 0 Å². The molecule has 2 N–H and O–H groups in total. The number of ether oxygens (including phenoxy) is 2. The molecule has 0 atom stereocenters. The van der Waals surface area contributed by atoms with Crippen LogP contribution < -0.4 is 15.2 Å². The van der Waals surface area contributed by atoms with Crippen LogP contribution in [0.2, 0.25) is 0 Å². The van der Waals surface area contributed by atoms with E-state index in [0.29, 0.717) is 13.2 Å². The predicted molar refractivity (Wildman–Crippen MR) is 76.0 cm³/mol. The minimum Gasteiger partial charge on any atom is -0.489 e. The molecule has 3 heteroatoms. The maximum atomic E-state index is 5.68. The Morgan fingerprint density at radius 1 is 0.895 bits per heavy atom. The molecule has 0 heterocycles. The van der Waals surface area contributed by atoms with Crippen LogP contribution in [-0.4, -0.2) is 6.54 Å². The largest absolute Gasteiger partial charge is 0.489 e. The van der Waals surface area contributed by atoms with Crippen LogP contribution in [0.5, 0.6) is 11.5 Å². The van der Waals surface area contributed by atoms with Gasteiger partial charge in [0.15, 0.2) is 0 Å². The van der Waals surface area contributed by atoms with Gasteiger partial charge in [-0.25, -0.2) is 0 Å². The molecule has 2 aromatic rings. The summed E-state index contributed by atoms with van der Waals surface area (Å²) in [5, 5.41) is 0. The lowest BCUT2D eigenvalue weighted by atomic mass is 10.2. The van der Waals surface area contributed by atoms with Crippen molar-refractivity contribution < 1.29 is 9.47 Å². The van der Waals surface area contributed by atoms with Crippen LogP contribution >= 0.6 is 0 Å². The van der Waals surface area contributed by atoms with E-state index in [0.717, 1.165) is 17.1 Å². The summed E-state index contributed by atoms with van der Waals surface area (Å²) >= 11 is 0. The van der Waals surface area contributed by atoms with Crippen molar-refractivity contribution in [2.45, 2.75) is 6.61 Å². The zero-order valence-corrected chi connectivity index (χ0v) is 10.7. The quantitative estimate of drug-likeness (QED) is 0.807. The maximum Gasteiger partial charge on any atom is 0.126 e. The highest BCUT2D eigenvalue weighted by atomic mass is 16.5. The molecule has 2 aromatic carbocycles. The summed E-state index contributed by atoms with van der Waals surface area (Å²) in [6, 6.07) is 17.6. The molecule has 2 rings (SSSR count). The molecule has 0 radical (unpaired) electrons. The molecule has 0 unspecified atom stereocenters. The van der Waals surface area contributed by atoms with Crippen LogP contribution in [0.3, 0.4) is 0 Å².